The van der Waals surface area contributed by atoms with E-state index in [9.17, 15) is 18.4 Å². The normalized spacial score (nSPS) is 29.2. The van der Waals surface area contributed by atoms with E-state index < -0.39 is 35.3 Å². The van der Waals surface area contributed by atoms with Gasteiger partial charge in [-0.3, -0.25) is 4.98 Å². The fraction of sp³-hybridized carbons (Fsp3) is 0.480. The van der Waals surface area contributed by atoms with E-state index in [0.717, 1.165) is 61.4 Å². The number of nitrogens with zero attached hydrogens (tertiary/aromatic N) is 2. The number of pyridine rings is 1. The predicted octanol–water partition coefficient (Wildman–Crippen LogP) is 4.27. The van der Waals surface area contributed by atoms with Gasteiger partial charge in [0, 0.05) is 24.4 Å². The Balaban J connectivity index is 1.31. The van der Waals surface area contributed by atoms with Gasteiger partial charge in [-0.15, -0.1) is 0 Å². The first-order chi connectivity index (χ1) is 16.5. The SMILES string of the molecule is O=C(N[C@@]1([C@H]2CC[C@@H](c3ccccn3)CC2)CCNC1)N1C(=O)OC[C@@H]1c1ccc(F)c(F)c1. The van der Waals surface area contributed by atoms with Crippen LogP contribution in [0.4, 0.5) is 18.4 Å². The molecule has 2 atom stereocenters. The first-order valence-corrected chi connectivity index (χ1v) is 11.8. The average molecular weight is 471 g/mol. The zero-order valence-electron chi connectivity index (χ0n) is 18.8. The van der Waals surface area contributed by atoms with Gasteiger partial charge in [0.05, 0.1) is 5.54 Å². The number of rotatable bonds is 4. The molecule has 9 heteroatoms. The second-order valence-corrected chi connectivity index (χ2v) is 9.45. The molecule has 5 rings (SSSR count). The highest BCUT2D eigenvalue weighted by atomic mass is 19.2. The summed E-state index contributed by atoms with van der Waals surface area (Å²) in [6.07, 6.45) is 5.66. The largest absolute Gasteiger partial charge is 0.446 e. The molecular weight excluding hydrogens is 442 g/mol. The summed E-state index contributed by atoms with van der Waals surface area (Å²) in [7, 11) is 0. The molecule has 1 saturated carbocycles. The van der Waals surface area contributed by atoms with Crippen molar-refractivity contribution < 1.29 is 23.1 Å². The van der Waals surface area contributed by atoms with Gasteiger partial charge >= 0.3 is 12.1 Å². The van der Waals surface area contributed by atoms with Crippen molar-refractivity contribution in [1.82, 2.24) is 20.5 Å². The van der Waals surface area contributed by atoms with Gasteiger partial charge in [0.2, 0.25) is 0 Å². The molecule has 1 aromatic heterocycles. The Hall–Kier alpha value is -3.07. The highest BCUT2D eigenvalue weighted by Crippen LogP contribution is 2.42. The number of urea groups is 1. The number of aromatic nitrogens is 1. The Morgan fingerprint density at radius 1 is 1.15 bits per heavy atom. The summed E-state index contributed by atoms with van der Waals surface area (Å²) in [4.78, 5) is 31.3. The molecule has 1 aliphatic carbocycles. The van der Waals surface area contributed by atoms with E-state index in [1.807, 2.05) is 18.3 Å². The van der Waals surface area contributed by atoms with Crippen molar-refractivity contribution in [3.63, 3.8) is 0 Å². The van der Waals surface area contributed by atoms with E-state index in [4.69, 9.17) is 4.74 Å². The molecule has 2 saturated heterocycles. The molecule has 0 spiro atoms. The maximum atomic E-state index is 13.8. The van der Waals surface area contributed by atoms with Gasteiger partial charge in [0.25, 0.3) is 0 Å². The lowest BCUT2D eigenvalue weighted by Gasteiger charge is -2.42. The van der Waals surface area contributed by atoms with Gasteiger partial charge in [0.15, 0.2) is 11.6 Å². The van der Waals surface area contributed by atoms with Crippen molar-refractivity contribution in [2.24, 2.45) is 5.92 Å². The minimum atomic E-state index is -1.03. The molecule has 2 N–H and O–H groups in total. The van der Waals surface area contributed by atoms with Crippen molar-refractivity contribution in [2.45, 2.75) is 49.6 Å². The third kappa shape index (κ3) is 4.24. The molecule has 3 amide bonds. The summed E-state index contributed by atoms with van der Waals surface area (Å²) >= 11 is 0. The third-order valence-corrected chi connectivity index (χ3v) is 7.58. The van der Waals surface area contributed by atoms with Crippen LogP contribution in [0, 0.1) is 17.6 Å². The zero-order chi connectivity index (χ0) is 23.7. The van der Waals surface area contributed by atoms with Crippen LogP contribution in [0.2, 0.25) is 0 Å². The van der Waals surface area contributed by atoms with Crippen molar-refractivity contribution >= 4 is 12.1 Å². The lowest BCUT2D eigenvalue weighted by molar-refractivity contribution is 0.138. The van der Waals surface area contributed by atoms with Gasteiger partial charge in [-0.1, -0.05) is 12.1 Å². The fourth-order valence-corrected chi connectivity index (χ4v) is 5.71. The van der Waals surface area contributed by atoms with Gasteiger partial charge in [0.1, 0.15) is 12.6 Å². The van der Waals surface area contributed by atoms with E-state index in [1.165, 1.54) is 6.07 Å². The molecular formula is C25H28F2N4O3. The van der Waals surface area contributed by atoms with Crippen molar-refractivity contribution in [3.05, 3.63) is 65.5 Å². The van der Waals surface area contributed by atoms with E-state index in [0.29, 0.717) is 18.0 Å². The zero-order valence-corrected chi connectivity index (χ0v) is 18.8. The third-order valence-electron chi connectivity index (χ3n) is 7.58. The first kappa shape index (κ1) is 22.7. The number of ether oxygens (including phenoxy) is 1. The van der Waals surface area contributed by atoms with Crippen LogP contribution in [0.1, 0.15) is 55.3 Å². The molecule has 34 heavy (non-hydrogen) atoms. The number of amides is 3. The van der Waals surface area contributed by atoms with Crippen LogP contribution in [-0.4, -0.2) is 47.2 Å². The second kappa shape index (κ2) is 9.29. The smallest absolute Gasteiger partial charge is 0.418 e. The molecule has 3 heterocycles. The Morgan fingerprint density at radius 3 is 2.65 bits per heavy atom. The number of imide groups is 1. The standard InChI is InChI=1S/C25H28F2N4O3/c26-19-9-6-17(13-20(19)27)22-14-34-24(33)31(22)23(32)30-25(10-12-28-15-25)18-7-4-16(5-8-18)21-3-1-2-11-29-21/h1-3,6,9,11,13,16,18,22,28H,4-5,7-8,10,12,14-15H2,(H,30,32)/t16-,18+,22-,25+/m1/s1. The highest BCUT2D eigenvalue weighted by Gasteiger charge is 2.47. The van der Waals surface area contributed by atoms with Crippen molar-refractivity contribution in [2.75, 3.05) is 19.7 Å². The minimum absolute atomic E-state index is 0.0994. The Kier molecular flexibility index (Phi) is 6.20. The van der Waals surface area contributed by atoms with E-state index in [1.54, 1.807) is 0 Å². The highest BCUT2D eigenvalue weighted by molar-refractivity contribution is 5.93. The number of carbonyl (C=O) groups is 2. The van der Waals surface area contributed by atoms with Crippen molar-refractivity contribution in [3.8, 4) is 0 Å². The fourth-order valence-electron chi connectivity index (χ4n) is 5.71. The van der Waals surface area contributed by atoms with E-state index in [-0.39, 0.29) is 12.5 Å². The number of hydrogen-bond donors (Lipinski definition) is 2. The summed E-state index contributed by atoms with van der Waals surface area (Å²) in [6, 6.07) is 7.99. The van der Waals surface area contributed by atoms with E-state index >= 15 is 0 Å². The van der Waals surface area contributed by atoms with Gasteiger partial charge in [-0.25, -0.2) is 23.3 Å². The molecule has 180 valence electrons. The molecule has 7 nitrogen and oxygen atoms in total. The molecule has 3 fully saturated rings. The Labute approximate surface area is 196 Å². The molecule has 1 aromatic carbocycles. The monoisotopic (exact) mass is 470 g/mol. The van der Waals surface area contributed by atoms with Crippen LogP contribution >= 0.6 is 0 Å². The van der Waals surface area contributed by atoms with Gasteiger partial charge in [-0.2, -0.15) is 0 Å². The number of nitrogens with one attached hydrogen (secondary N) is 2. The first-order valence-electron chi connectivity index (χ1n) is 11.8. The molecule has 2 aromatic rings. The van der Waals surface area contributed by atoms with Crippen molar-refractivity contribution in [1.29, 1.82) is 0 Å². The minimum Gasteiger partial charge on any atom is -0.446 e. The lowest BCUT2D eigenvalue weighted by Crippen LogP contribution is -2.59. The molecule has 0 radical (unpaired) electrons. The van der Waals surface area contributed by atoms with Crippen LogP contribution in [0.25, 0.3) is 0 Å². The molecule has 3 aliphatic rings. The predicted molar refractivity (Wildman–Crippen MR) is 120 cm³/mol. The molecule has 0 bridgehead atoms. The lowest BCUT2D eigenvalue weighted by atomic mass is 9.70. The quantitative estimate of drug-likeness (QED) is 0.697. The maximum Gasteiger partial charge on any atom is 0.418 e. The van der Waals surface area contributed by atoms with E-state index in [2.05, 4.69) is 21.7 Å². The summed E-state index contributed by atoms with van der Waals surface area (Å²) in [5.41, 5.74) is 0.945. The van der Waals surface area contributed by atoms with Crippen LogP contribution in [0.15, 0.2) is 42.6 Å². The summed E-state index contributed by atoms with van der Waals surface area (Å²) in [5, 5.41) is 6.52. The number of carbonyl (C=O) groups excluding carboxylic acids is 2. The summed E-state index contributed by atoms with van der Waals surface area (Å²) in [6.45, 7) is 1.30. The second-order valence-electron chi connectivity index (χ2n) is 9.45. The Bertz CT molecular complexity index is 1050. The van der Waals surface area contributed by atoms with Crippen LogP contribution in [0.3, 0.4) is 0 Å². The number of hydrogen-bond acceptors (Lipinski definition) is 5. The van der Waals surface area contributed by atoms with Gasteiger partial charge < -0.3 is 15.4 Å². The maximum absolute atomic E-state index is 13.8. The van der Waals surface area contributed by atoms with Crippen LogP contribution in [0.5, 0.6) is 0 Å². The van der Waals surface area contributed by atoms with Crippen LogP contribution in [-0.2, 0) is 4.74 Å². The molecule has 2 aliphatic heterocycles. The Morgan fingerprint density at radius 2 is 1.97 bits per heavy atom. The molecule has 0 unspecified atom stereocenters. The topological polar surface area (TPSA) is 83.6 Å². The van der Waals surface area contributed by atoms with Gasteiger partial charge in [-0.05, 0) is 74.4 Å². The average Bonchev–Trinajstić information content (AvgIpc) is 3.49. The summed E-state index contributed by atoms with van der Waals surface area (Å²) < 4.78 is 32.3. The van der Waals surface area contributed by atoms with Crippen LogP contribution < -0.4 is 10.6 Å². The summed E-state index contributed by atoms with van der Waals surface area (Å²) in [5.74, 6) is -1.35. The number of cyclic esters (lactones) is 1. The number of halogens is 2. The number of benzene rings is 1.